The van der Waals surface area contributed by atoms with Gasteiger partial charge in [0.15, 0.2) is 0 Å². The molecule has 1 N–H and O–H groups in total. The summed E-state index contributed by atoms with van der Waals surface area (Å²) in [4.78, 5) is 25.2. The number of aromatic nitrogens is 2. The van der Waals surface area contributed by atoms with Crippen LogP contribution >= 0.6 is 0 Å². The third-order valence-electron chi connectivity index (χ3n) is 5.62. The lowest BCUT2D eigenvalue weighted by atomic mass is 9.95. The maximum Gasteiger partial charge on any atom is 0.270 e. The highest BCUT2D eigenvalue weighted by Crippen LogP contribution is 2.22. The lowest BCUT2D eigenvalue weighted by molar-refractivity contribution is 0.0922. The third-order valence-corrected chi connectivity index (χ3v) is 5.62. The van der Waals surface area contributed by atoms with Crippen LogP contribution in [0.25, 0.3) is 0 Å². The Bertz CT molecular complexity index is 816. The standard InChI is InChI=1S/C21H26FN5O/c22-17-8-4-5-9-19(17)26-10-12-27(13-11-26)20-14-18(23-15-24-20)21(28)25-16-6-2-1-3-7-16/h4-5,8-9,14-16H,1-3,6-7,10-13H2,(H,25,28). The van der Waals surface area contributed by atoms with Crippen LogP contribution in [0, 0.1) is 5.82 Å². The summed E-state index contributed by atoms with van der Waals surface area (Å²) in [5.41, 5.74) is 1.05. The summed E-state index contributed by atoms with van der Waals surface area (Å²) in [6.45, 7) is 2.84. The van der Waals surface area contributed by atoms with Crippen molar-refractivity contribution in [3.63, 3.8) is 0 Å². The van der Waals surface area contributed by atoms with Crippen molar-refractivity contribution in [3.8, 4) is 0 Å². The van der Waals surface area contributed by atoms with Gasteiger partial charge in [0.1, 0.15) is 23.7 Å². The molecule has 0 bridgehead atoms. The van der Waals surface area contributed by atoms with Gasteiger partial charge in [-0.05, 0) is 25.0 Å². The van der Waals surface area contributed by atoms with Crippen LogP contribution in [0.4, 0.5) is 15.9 Å². The monoisotopic (exact) mass is 383 g/mol. The summed E-state index contributed by atoms with van der Waals surface area (Å²) in [5, 5.41) is 3.10. The van der Waals surface area contributed by atoms with E-state index in [0.29, 0.717) is 24.5 Å². The van der Waals surface area contributed by atoms with Gasteiger partial charge in [0.05, 0.1) is 5.69 Å². The molecule has 0 atom stereocenters. The fourth-order valence-corrected chi connectivity index (χ4v) is 4.04. The summed E-state index contributed by atoms with van der Waals surface area (Å²) in [6.07, 6.45) is 7.14. The van der Waals surface area contributed by atoms with E-state index in [1.807, 2.05) is 17.0 Å². The number of para-hydroxylation sites is 1. The number of rotatable bonds is 4. The Morgan fingerprint density at radius 1 is 1.00 bits per heavy atom. The van der Waals surface area contributed by atoms with E-state index in [2.05, 4.69) is 20.2 Å². The van der Waals surface area contributed by atoms with E-state index in [9.17, 15) is 9.18 Å². The predicted molar refractivity (Wildman–Crippen MR) is 107 cm³/mol. The van der Waals surface area contributed by atoms with E-state index >= 15 is 0 Å². The second-order valence-corrected chi connectivity index (χ2v) is 7.50. The van der Waals surface area contributed by atoms with Gasteiger partial charge in [-0.25, -0.2) is 14.4 Å². The normalized spacial score (nSPS) is 18.2. The first-order valence-electron chi connectivity index (χ1n) is 10.1. The number of amides is 1. The minimum Gasteiger partial charge on any atom is -0.366 e. The van der Waals surface area contributed by atoms with Gasteiger partial charge in [-0.15, -0.1) is 0 Å². The maximum atomic E-state index is 14.0. The van der Waals surface area contributed by atoms with Gasteiger partial charge < -0.3 is 15.1 Å². The number of carbonyl (C=O) groups is 1. The summed E-state index contributed by atoms with van der Waals surface area (Å²) in [5.74, 6) is 0.428. The van der Waals surface area contributed by atoms with Crippen LogP contribution in [0.3, 0.4) is 0 Å². The molecular weight excluding hydrogens is 357 g/mol. The number of benzene rings is 1. The van der Waals surface area contributed by atoms with Crippen LogP contribution in [0.1, 0.15) is 42.6 Å². The van der Waals surface area contributed by atoms with Crippen molar-refractivity contribution in [2.45, 2.75) is 38.1 Å². The van der Waals surface area contributed by atoms with Crippen molar-refractivity contribution in [1.29, 1.82) is 0 Å². The molecule has 2 heterocycles. The minimum atomic E-state index is -0.195. The number of anilines is 2. The minimum absolute atomic E-state index is 0.124. The van der Waals surface area contributed by atoms with E-state index in [-0.39, 0.29) is 17.8 Å². The molecule has 1 saturated heterocycles. The van der Waals surface area contributed by atoms with E-state index in [0.717, 1.165) is 31.7 Å². The van der Waals surface area contributed by atoms with E-state index < -0.39 is 0 Å². The molecular formula is C21H26FN5O. The van der Waals surface area contributed by atoms with Gasteiger partial charge in [0, 0.05) is 38.3 Å². The van der Waals surface area contributed by atoms with Crippen LogP contribution in [0.15, 0.2) is 36.7 Å². The fraction of sp³-hybridized carbons (Fsp3) is 0.476. The predicted octanol–water partition coefficient (Wildman–Crippen LogP) is 3.00. The zero-order valence-corrected chi connectivity index (χ0v) is 16.0. The number of halogens is 1. The molecule has 2 aromatic rings. The highest BCUT2D eigenvalue weighted by molar-refractivity contribution is 5.93. The highest BCUT2D eigenvalue weighted by Gasteiger charge is 2.22. The second kappa shape index (κ2) is 8.54. The van der Waals surface area contributed by atoms with E-state index in [1.54, 1.807) is 12.1 Å². The molecule has 2 fully saturated rings. The van der Waals surface area contributed by atoms with Crippen LogP contribution in [-0.2, 0) is 0 Å². The summed E-state index contributed by atoms with van der Waals surface area (Å²) < 4.78 is 14.0. The Hall–Kier alpha value is -2.70. The number of carbonyl (C=O) groups excluding carboxylic acids is 1. The van der Waals surface area contributed by atoms with Crippen LogP contribution in [0.2, 0.25) is 0 Å². The Labute approximate surface area is 164 Å². The number of hydrogen-bond donors (Lipinski definition) is 1. The zero-order chi connectivity index (χ0) is 19.3. The van der Waals surface area contributed by atoms with Gasteiger partial charge >= 0.3 is 0 Å². The SMILES string of the molecule is O=C(NC1CCCCC1)c1cc(N2CCN(c3ccccc3F)CC2)ncn1. The van der Waals surface area contributed by atoms with Crippen LogP contribution in [0.5, 0.6) is 0 Å². The van der Waals surface area contributed by atoms with Gasteiger partial charge in [-0.1, -0.05) is 31.4 Å². The van der Waals surface area contributed by atoms with Gasteiger partial charge in [-0.3, -0.25) is 4.79 Å². The third kappa shape index (κ3) is 4.24. The lowest BCUT2D eigenvalue weighted by Crippen LogP contribution is -2.47. The Morgan fingerprint density at radius 2 is 1.71 bits per heavy atom. The zero-order valence-electron chi connectivity index (χ0n) is 16.0. The van der Waals surface area contributed by atoms with Crippen molar-refractivity contribution >= 4 is 17.4 Å². The van der Waals surface area contributed by atoms with Gasteiger partial charge in [0.2, 0.25) is 0 Å². The molecule has 1 aromatic carbocycles. The average molecular weight is 383 g/mol. The van der Waals surface area contributed by atoms with Crippen molar-refractivity contribution in [1.82, 2.24) is 15.3 Å². The first kappa shape index (κ1) is 18.7. The molecule has 1 aliphatic carbocycles. The van der Waals surface area contributed by atoms with Gasteiger partial charge in [-0.2, -0.15) is 0 Å². The van der Waals surface area contributed by atoms with Crippen LogP contribution in [-0.4, -0.2) is 48.1 Å². The van der Waals surface area contributed by atoms with Crippen molar-refractivity contribution in [2.24, 2.45) is 0 Å². The topological polar surface area (TPSA) is 61.4 Å². The van der Waals surface area contributed by atoms with E-state index in [1.165, 1.54) is 31.7 Å². The summed E-state index contributed by atoms with van der Waals surface area (Å²) in [6, 6.07) is 8.87. The molecule has 1 amide bonds. The second-order valence-electron chi connectivity index (χ2n) is 7.50. The summed E-state index contributed by atoms with van der Waals surface area (Å²) >= 11 is 0. The lowest BCUT2D eigenvalue weighted by Gasteiger charge is -2.36. The molecule has 0 spiro atoms. The molecule has 148 valence electrons. The fourth-order valence-electron chi connectivity index (χ4n) is 4.04. The molecule has 1 aromatic heterocycles. The van der Waals surface area contributed by atoms with Crippen molar-refractivity contribution < 1.29 is 9.18 Å². The number of hydrogen-bond acceptors (Lipinski definition) is 5. The smallest absolute Gasteiger partial charge is 0.270 e. The molecule has 0 radical (unpaired) electrons. The molecule has 6 nitrogen and oxygen atoms in total. The molecule has 1 aliphatic heterocycles. The van der Waals surface area contributed by atoms with Crippen LogP contribution < -0.4 is 15.1 Å². The highest BCUT2D eigenvalue weighted by atomic mass is 19.1. The molecule has 4 rings (SSSR count). The van der Waals surface area contributed by atoms with Crippen molar-refractivity contribution in [3.05, 3.63) is 48.2 Å². The number of nitrogens with zero attached hydrogens (tertiary/aromatic N) is 4. The molecule has 28 heavy (non-hydrogen) atoms. The van der Waals surface area contributed by atoms with Crippen molar-refractivity contribution in [2.75, 3.05) is 36.0 Å². The Morgan fingerprint density at radius 3 is 2.46 bits per heavy atom. The molecule has 7 heteroatoms. The maximum absolute atomic E-state index is 14.0. The largest absolute Gasteiger partial charge is 0.366 e. The summed E-state index contributed by atoms with van der Waals surface area (Å²) in [7, 11) is 0. The quantitative estimate of drug-likeness (QED) is 0.879. The molecule has 2 aliphatic rings. The van der Waals surface area contributed by atoms with E-state index in [4.69, 9.17) is 0 Å². The number of nitrogens with one attached hydrogen (secondary N) is 1. The Balaban J connectivity index is 1.38. The number of piperazine rings is 1. The first-order chi connectivity index (χ1) is 13.7. The van der Waals surface area contributed by atoms with Gasteiger partial charge in [0.25, 0.3) is 5.91 Å². The average Bonchev–Trinajstić information content (AvgIpc) is 2.75. The first-order valence-corrected chi connectivity index (χ1v) is 10.1. The molecule has 0 unspecified atom stereocenters. The Kier molecular flexibility index (Phi) is 5.69. The molecule has 1 saturated carbocycles.